The molecular weight excluding hydrogens is 200 g/mol. The molecule has 0 N–H and O–H groups in total. The SMILES string of the molecule is SSC1=NN=CC2C3CCC(C3)C12. The van der Waals surface area contributed by atoms with E-state index in [1.165, 1.54) is 30.1 Å². The van der Waals surface area contributed by atoms with Crippen LogP contribution in [0.25, 0.3) is 0 Å². The van der Waals surface area contributed by atoms with Gasteiger partial charge >= 0.3 is 0 Å². The molecule has 2 fully saturated rings. The van der Waals surface area contributed by atoms with Crippen LogP contribution in [0, 0.1) is 23.7 Å². The number of fused-ring (bicyclic) bond motifs is 5. The van der Waals surface area contributed by atoms with Crippen LogP contribution in [0.4, 0.5) is 0 Å². The second-order valence-corrected chi connectivity index (χ2v) is 5.38. The summed E-state index contributed by atoms with van der Waals surface area (Å²) in [5.41, 5.74) is 0. The zero-order valence-corrected chi connectivity index (χ0v) is 8.97. The van der Waals surface area contributed by atoms with Crippen LogP contribution in [0.3, 0.4) is 0 Å². The molecule has 13 heavy (non-hydrogen) atoms. The van der Waals surface area contributed by atoms with Gasteiger partial charge in [-0.15, -0.1) is 16.8 Å². The molecule has 70 valence electrons. The first kappa shape index (κ1) is 8.36. The lowest BCUT2D eigenvalue weighted by molar-refractivity contribution is 0.359. The summed E-state index contributed by atoms with van der Waals surface area (Å²) < 4.78 is 0. The fourth-order valence-corrected chi connectivity index (χ4v) is 4.26. The number of hydrogen-bond acceptors (Lipinski definition) is 4. The first-order valence-electron chi connectivity index (χ1n) is 4.82. The van der Waals surface area contributed by atoms with Gasteiger partial charge in [-0.3, -0.25) is 0 Å². The van der Waals surface area contributed by atoms with Gasteiger partial charge in [-0.2, -0.15) is 5.10 Å². The van der Waals surface area contributed by atoms with E-state index in [0.717, 1.165) is 16.9 Å². The van der Waals surface area contributed by atoms with E-state index in [-0.39, 0.29) is 0 Å². The Morgan fingerprint density at radius 2 is 2.23 bits per heavy atom. The molecule has 2 saturated carbocycles. The van der Waals surface area contributed by atoms with Crippen molar-refractivity contribution in [3.63, 3.8) is 0 Å². The van der Waals surface area contributed by atoms with Crippen molar-refractivity contribution in [2.24, 2.45) is 33.9 Å². The lowest BCUT2D eigenvalue weighted by Gasteiger charge is -2.29. The Morgan fingerprint density at radius 1 is 1.38 bits per heavy atom. The van der Waals surface area contributed by atoms with Crippen LogP contribution in [0.5, 0.6) is 0 Å². The van der Waals surface area contributed by atoms with E-state index in [1.54, 1.807) is 0 Å². The molecule has 4 heteroatoms. The summed E-state index contributed by atoms with van der Waals surface area (Å²) in [7, 11) is 1.49. The van der Waals surface area contributed by atoms with Crippen molar-refractivity contribution in [2.75, 3.05) is 0 Å². The van der Waals surface area contributed by atoms with Crippen LogP contribution in [0.1, 0.15) is 19.3 Å². The quantitative estimate of drug-likeness (QED) is 0.484. The minimum absolute atomic E-state index is 0.666. The maximum absolute atomic E-state index is 4.25. The van der Waals surface area contributed by atoms with E-state index in [9.17, 15) is 0 Å². The molecule has 2 nitrogen and oxygen atoms in total. The molecule has 0 radical (unpaired) electrons. The van der Waals surface area contributed by atoms with Crippen LogP contribution < -0.4 is 0 Å². The maximum atomic E-state index is 4.25. The predicted molar refractivity (Wildman–Crippen MR) is 60.3 cm³/mol. The van der Waals surface area contributed by atoms with Crippen molar-refractivity contribution in [3.05, 3.63) is 0 Å². The van der Waals surface area contributed by atoms with Crippen LogP contribution in [-0.4, -0.2) is 11.3 Å². The first-order valence-corrected chi connectivity index (χ1v) is 6.69. The third-order valence-corrected chi connectivity index (χ3v) is 4.86. The molecule has 2 aliphatic carbocycles. The Hall–Kier alpha value is 0.0400. The molecule has 0 aromatic rings. The van der Waals surface area contributed by atoms with Gasteiger partial charge in [-0.05, 0) is 41.9 Å². The molecular formula is C9H12N2S2. The normalized spacial score (nSPS) is 46.4. The fraction of sp³-hybridized carbons (Fsp3) is 0.778. The van der Waals surface area contributed by atoms with Crippen LogP contribution in [0.2, 0.25) is 0 Å². The van der Waals surface area contributed by atoms with Gasteiger partial charge < -0.3 is 0 Å². The molecule has 0 saturated heterocycles. The van der Waals surface area contributed by atoms with Gasteiger partial charge in [0.2, 0.25) is 0 Å². The highest BCUT2D eigenvalue weighted by molar-refractivity contribution is 8.75. The molecule has 0 aromatic heterocycles. The van der Waals surface area contributed by atoms with Gasteiger partial charge in [-0.25, -0.2) is 0 Å². The Labute approximate surface area is 87.1 Å². The van der Waals surface area contributed by atoms with Crippen molar-refractivity contribution in [1.82, 2.24) is 0 Å². The molecule has 0 spiro atoms. The van der Waals surface area contributed by atoms with Crippen LogP contribution in [0.15, 0.2) is 10.2 Å². The summed E-state index contributed by atoms with van der Waals surface area (Å²) in [5, 5.41) is 9.42. The smallest absolute Gasteiger partial charge is 0.110 e. The molecule has 4 unspecified atom stereocenters. The van der Waals surface area contributed by atoms with E-state index in [1.807, 2.05) is 0 Å². The molecule has 0 aromatic carbocycles. The lowest BCUT2D eigenvalue weighted by atomic mass is 9.80. The first-order chi connectivity index (χ1) is 6.40. The summed E-state index contributed by atoms with van der Waals surface area (Å²) in [6.07, 6.45) is 6.27. The molecule has 1 aliphatic heterocycles. The molecule has 3 rings (SSSR count). The third-order valence-electron chi connectivity index (χ3n) is 3.75. The van der Waals surface area contributed by atoms with Gasteiger partial charge in [0.25, 0.3) is 0 Å². The molecule has 0 amide bonds. The minimum Gasteiger partial charge on any atom is -0.162 e. The lowest BCUT2D eigenvalue weighted by Crippen LogP contribution is -2.30. The van der Waals surface area contributed by atoms with Crippen molar-refractivity contribution in [2.45, 2.75) is 19.3 Å². The summed E-state index contributed by atoms with van der Waals surface area (Å²) in [4.78, 5) is 0. The number of rotatable bonds is 0. The van der Waals surface area contributed by atoms with Gasteiger partial charge in [0, 0.05) is 18.1 Å². The van der Waals surface area contributed by atoms with E-state index < -0.39 is 0 Å². The second kappa shape index (κ2) is 3.02. The Morgan fingerprint density at radius 3 is 3.08 bits per heavy atom. The van der Waals surface area contributed by atoms with Gasteiger partial charge in [-0.1, -0.05) is 0 Å². The second-order valence-electron chi connectivity index (χ2n) is 4.23. The highest BCUT2D eigenvalue weighted by atomic mass is 33.1. The van der Waals surface area contributed by atoms with Crippen molar-refractivity contribution in [3.8, 4) is 0 Å². The third kappa shape index (κ3) is 1.11. The van der Waals surface area contributed by atoms with E-state index >= 15 is 0 Å². The van der Waals surface area contributed by atoms with E-state index in [4.69, 9.17) is 0 Å². The van der Waals surface area contributed by atoms with Crippen molar-refractivity contribution < 1.29 is 0 Å². The Bertz CT molecular complexity index is 287. The maximum Gasteiger partial charge on any atom is 0.110 e. The van der Waals surface area contributed by atoms with Gasteiger partial charge in [0.05, 0.1) is 0 Å². The Kier molecular flexibility index (Phi) is 1.94. The average molecular weight is 212 g/mol. The predicted octanol–water partition coefficient (Wildman–Crippen LogP) is 2.62. The number of nitrogens with zero attached hydrogens (tertiary/aromatic N) is 2. The summed E-state index contributed by atoms with van der Waals surface area (Å²) in [5.74, 6) is 3.12. The minimum atomic E-state index is 0.666. The zero-order chi connectivity index (χ0) is 8.84. The van der Waals surface area contributed by atoms with Gasteiger partial charge in [0.1, 0.15) is 5.04 Å². The van der Waals surface area contributed by atoms with Crippen molar-refractivity contribution in [1.29, 1.82) is 0 Å². The standard InChI is InChI=1S/C9H12N2S2/c12-13-9-8-6-2-1-5(3-6)7(8)4-10-11-9/h4-8,12H,1-3H2. The zero-order valence-electron chi connectivity index (χ0n) is 7.26. The van der Waals surface area contributed by atoms with Crippen molar-refractivity contribution >= 4 is 33.7 Å². The monoisotopic (exact) mass is 212 g/mol. The van der Waals surface area contributed by atoms with E-state index in [2.05, 4.69) is 28.1 Å². The largest absolute Gasteiger partial charge is 0.162 e. The number of hydrogen-bond donors (Lipinski definition) is 1. The van der Waals surface area contributed by atoms with E-state index in [0.29, 0.717) is 11.8 Å². The molecule has 4 atom stereocenters. The highest BCUT2D eigenvalue weighted by Gasteiger charge is 2.49. The van der Waals surface area contributed by atoms with Gasteiger partial charge in [0.15, 0.2) is 0 Å². The van der Waals surface area contributed by atoms with Crippen LogP contribution >= 0.6 is 22.5 Å². The number of thiol groups is 1. The summed E-state index contributed by atoms with van der Waals surface area (Å²) in [6.45, 7) is 0. The van der Waals surface area contributed by atoms with Crippen LogP contribution in [-0.2, 0) is 0 Å². The molecule has 2 bridgehead atoms. The summed E-state index contributed by atoms with van der Waals surface area (Å²) in [6, 6.07) is 0. The Balaban J connectivity index is 1.95. The molecule has 1 heterocycles. The topological polar surface area (TPSA) is 24.7 Å². The molecule has 3 aliphatic rings. The summed E-state index contributed by atoms with van der Waals surface area (Å²) >= 11 is 4.25. The highest BCUT2D eigenvalue weighted by Crippen LogP contribution is 2.54. The average Bonchev–Trinajstić information content (AvgIpc) is 2.77. The fourth-order valence-electron chi connectivity index (χ4n) is 3.23.